The van der Waals surface area contributed by atoms with Gasteiger partial charge >= 0.3 is 0 Å². The highest BCUT2D eigenvalue weighted by molar-refractivity contribution is 5.77. The zero-order valence-corrected chi connectivity index (χ0v) is 21.2. The third-order valence-electron chi connectivity index (χ3n) is 7.07. The van der Waals surface area contributed by atoms with E-state index in [4.69, 9.17) is 9.72 Å². The maximum absolute atomic E-state index is 13.6. The number of rotatable bonds is 8. The summed E-state index contributed by atoms with van der Waals surface area (Å²) in [5, 5.41) is 0. The van der Waals surface area contributed by atoms with Gasteiger partial charge in [0.1, 0.15) is 17.2 Å². The molecule has 0 bridgehead atoms. The standard InChI is InChI=1S/C27H33FN6O2/c1-4-23-29-19(2)25-27(35)33(22-10-11-24(36-3)30-26(22)34(23)25)13-5-12-31-14-16-32(17-15-31)18-20-6-8-21(28)9-7-20/h6-11H,4-5,12-18H2,1-3H3. The maximum Gasteiger partial charge on any atom is 0.277 e. The molecule has 0 atom stereocenters. The Hall–Kier alpha value is -3.30. The van der Waals surface area contributed by atoms with Crippen LogP contribution in [0, 0.1) is 12.7 Å². The Labute approximate surface area is 209 Å². The van der Waals surface area contributed by atoms with Crippen LogP contribution in [0.5, 0.6) is 5.88 Å². The number of fused-ring (bicyclic) bond motifs is 3. The number of halogens is 1. The fraction of sp³-hybridized carbons (Fsp3) is 0.444. The van der Waals surface area contributed by atoms with Crippen molar-refractivity contribution in [3.63, 3.8) is 0 Å². The van der Waals surface area contributed by atoms with Gasteiger partial charge in [-0.15, -0.1) is 0 Å². The molecular weight excluding hydrogens is 459 g/mol. The molecule has 190 valence electrons. The lowest BCUT2D eigenvalue weighted by atomic mass is 10.2. The van der Waals surface area contributed by atoms with E-state index in [-0.39, 0.29) is 11.4 Å². The summed E-state index contributed by atoms with van der Waals surface area (Å²) in [7, 11) is 1.60. The number of aromatic nitrogens is 4. The van der Waals surface area contributed by atoms with Crippen LogP contribution in [0.1, 0.15) is 30.4 Å². The van der Waals surface area contributed by atoms with Crippen LogP contribution in [0.15, 0.2) is 41.2 Å². The highest BCUT2D eigenvalue weighted by atomic mass is 19.1. The third-order valence-corrected chi connectivity index (χ3v) is 7.07. The minimum Gasteiger partial charge on any atom is -0.481 e. The van der Waals surface area contributed by atoms with Crippen LogP contribution >= 0.6 is 0 Å². The average molecular weight is 493 g/mol. The van der Waals surface area contributed by atoms with Crippen molar-refractivity contribution in [1.82, 2.24) is 28.7 Å². The molecule has 1 saturated heterocycles. The Morgan fingerprint density at radius 3 is 2.39 bits per heavy atom. The first-order valence-corrected chi connectivity index (χ1v) is 12.6. The van der Waals surface area contributed by atoms with Crippen molar-refractivity contribution in [2.75, 3.05) is 39.8 Å². The summed E-state index contributed by atoms with van der Waals surface area (Å²) in [6, 6.07) is 10.5. The third kappa shape index (κ3) is 4.73. The van der Waals surface area contributed by atoms with Gasteiger partial charge in [-0.2, -0.15) is 4.98 Å². The minimum absolute atomic E-state index is 0.0247. The number of ether oxygens (including phenoxy) is 1. The molecule has 0 saturated carbocycles. The molecule has 36 heavy (non-hydrogen) atoms. The Morgan fingerprint density at radius 2 is 1.69 bits per heavy atom. The zero-order chi connectivity index (χ0) is 25.2. The molecule has 9 heteroatoms. The molecule has 0 unspecified atom stereocenters. The first kappa shape index (κ1) is 24.4. The van der Waals surface area contributed by atoms with E-state index < -0.39 is 0 Å². The summed E-state index contributed by atoms with van der Waals surface area (Å²) in [4.78, 5) is 27.8. The minimum atomic E-state index is -0.196. The van der Waals surface area contributed by atoms with Crippen LogP contribution in [-0.2, 0) is 19.5 Å². The van der Waals surface area contributed by atoms with E-state index in [1.807, 2.05) is 41.0 Å². The van der Waals surface area contributed by atoms with Crippen LogP contribution < -0.4 is 10.3 Å². The molecular formula is C27H33FN6O2. The van der Waals surface area contributed by atoms with Crippen LogP contribution in [0.3, 0.4) is 0 Å². The molecule has 4 heterocycles. The quantitative estimate of drug-likeness (QED) is 0.376. The van der Waals surface area contributed by atoms with Crippen molar-refractivity contribution in [3.05, 3.63) is 69.7 Å². The summed E-state index contributed by atoms with van der Waals surface area (Å²) >= 11 is 0. The van der Waals surface area contributed by atoms with E-state index in [0.29, 0.717) is 30.0 Å². The molecule has 1 aliphatic heterocycles. The largest absolute Gasteiger partial charge is 0.481 e. The smallest absolute Gasteiger partial charge is 0.277 e. The van der Waals surface area contributed by atoms with Crippen molar-refractivity contribution in [1.29, 1.82) is 0 Å². The summed E-state index contributed by atoms with van der Waals surface area (Å²) < 4.78 is 22.3. The summed E-state index contributed by atoms with van der Waals surface area (Å²) in [6.45, 7) is 10.2. The summed E-state index contributed by atoms with van der Waals surface area (Å²) in [6.07, 6.45) is 1.57. The van der Waals surface area contributed by atoms with Gasteiger partial charge < -0.3 is 14.2 Å². The molecule has 5 rings (SSSR count). The number of methoxy groups -OCH3 is 1. The van der Waals surface area contributed by atoms with Crippen molar-refractivity contribution in [2.45, 2.75) is 39.8 Å². The van der Waals surface area contributed by atoms with Gasteiger partial charge in [0.2, 0.25) is 5.88 Å². The lowest BCUT2D eigenvalue weighted by Crippen LogP contribution is -2.46. The van der Waals surface area contributed by atoms with Crippen LogP contribution in [0.4, 0.5) is 4.39 Å². The van der Waals surface area contributed by atoms with Crippen molar-refractivity contribution in [3.8, 4) is 5.88 Å². The molecule has 1 aromatic carbocycles. The average Bonchev–Trinajstić information content (AvgIpc) is 3.24. The fourth-order valence-electron chi connectivity index (χ4n) is 5.15. The lowest BCUT2D eigenvalue weighted by Gasteiger charge is -2.34. The van der Waals surface area contributed by atoms with E-state index in [9.17, 15) is 9.18 Å². The van der Waals surface area contributed by atoms with E-state index in [1.165, 1.54) is 12.1 Å². The van der Waals surface area contributed by atoms with E-state index in [1.54, 1.807) is 13.2 Å². The number of benzene rings is 1. The molecule has 1 aliphatic rings. The number of hydrogen-bond donors (Lipinski definition) is 0. The van der Waals surface area contributed by atoms with Crippen LogP contribution in [-0.4, -0.2) is 68.6 Å². The van der Waals surface area contributed by atoms with Crippen molar-refractivity contribution in [2.24, 2.45) is 0 Å². The van der Waals surface area contributed by atoms with Crippen LogP contribution in [0.2, 0.25) is 0 Å². The lowest BCUT2D eigenvalue weighted by molar-refractivity contribution is 0.125. The zero-order valence-electron chi connectivity index (χ0n) is 21.2. The molecule has 1 fully saturated rings. The van der Waals surface area contributed by atoms with E-state index in [0.717, 1.165) is 68.3 Å². The van der Waals surface area contributed by atoms with Gasteiger partial charge in [-0.05, 0) is 43.7 Å². The second-order valence-corrected chi connectivity index (χ2v) is 9.40. The van der Waals surface area contributed by atoms with Crippen molar-refractivity contribution < 1.29 is 9.13 Å². The second kappa shape index (κ2) is 10.4. The van der Waals surface area contributed by atoms with Gasteiger partial charge in [0.15, 0.2) is 5.65 Å². The topological polar surface area (TPSA) is 67.9 Å². The predicted molar refractivity (Wildman–Crippen MR) is 138 cm³/mol. The Morgan fingerprint density at radius 1 is 0.972 bits per heavy atom. The van der Waals surface area contributed by atoms with Gasteiger partial charge in [0.05, 0.1) is 18.3 Å². The van der Waals surface area contributed by atoms with Gasteiger partial charge in [-0.25, -0.2) is 9.37 Å². The maximum atomic E-state index is 13.6. The number of imidazole rings is 1. The number of nitrogens with zero attached hydrogens (tertiary/aromatic N) is 6. The molecule has 8 nitrogen and oxygen atoms in total. The summed E-state index contributed by atoms with van der Waals surface area (Å²) in [5.74, 6) is 1.15. The Bertz CT molecular complexity index is 1420. The first-order valence-electron chi connectivity index (χ1n) is 12.6. The van der Waals surface area contributed by atoms with E-state index in [2.05, 4.69) is 14.8 Å². The Balaban J connectivity index is 1.29. The van der Waals surface area contributed by atoms with Gasteiger partial charge in [-0.3, -0.25) is 14.1 Å². The molecule has 3 aromatic heterocycles. The summed E-state index contributed by atoms with van der Waals surface area (Å²) in [5.41, 5.74) is 3.94. The highest BCUT2D eigenvalue weighted by Gasteiger charge is 2.20. The fourth-order valence-corrected chi connectivity index (χ4v) is 5.15. The molecule has 0 radical (unpaired) electrons. The van der Waals surface area contributed by atoms with Crippen molar-refractivity contribution >= 4 is 16.7 Å². The predicted octanol–water partition coefficient (Wildman–Crippen LogP) is 3.27. The SMILES string of the molecule is CCc1nc(C)c2c(=O)n(CCCN3CCN(Cc4ccc(F)cc4)CC3)c3ccc(OC)nc3n12. The molecule has 0 aliphatic carbocycles. The number of piperazine rings is 1. The van der Waals surface area contributed by atoms with Crippen LogP contribution in [0.25, 0.3) is 16.7 Å². The number of pyridine rings is 1. The highest BCUT2D eigenvalue weighted by Crippen LogP contribution is 2.21. The number of aryl methyl sites for hydroxylation is 3. The van der Waals surface area contributed by atoms with Gasteiger partial charge in [0, 0.05) is 51.8 Å². The second-order valence-electron chi connectivity index (χ2n) is 9.40. The molecule has 0 N–H and O–H groups in total. The molecule has 4 aromatic rings. The number of hydrogen-bond acceptors (Lipinski definition) is 6. The first-order chi connectivity index (χ1) is 17.5. The molecule has 0 spiro atoms. The molecule has 0 amide bonds. The Kier molecular flexibility index (Phi) is 7.02. The van der Waals surface area contributed by atoms with Gasteiger partial charge in [0.25, 0.3) is 5.56 Å². The van der Waals surface area contributed by atoms with Gasteiger partial charge in [-0.1, -0.05) is 19.1 Å². The monoisotopic (exact) mass is 492 g/mol. The normalized spacial score (nSPS) is 15.2. The van der Waals surface area contributed by atoms with E-state index >= 15 is 0 Å².